The molecule has 4 bridgehead atoms. The maximum atomic E-state index is 13.3. The molecule has 25 heavy (non-hydrogen) atoms. The predicted octanol–water partition coefficient (Wildman–Crippen LogP) is 2.80. The first-order valence-corrected chi connectivity index (χ1v) is 10.2. The van der Waals surface area contributed by atoms with E-state index in [1.165, 1.54) is 24.0 Å². The Morgan fingerprint density at radius 2 is 1.64 bits per heavy atom. The van der Waals surface area contributed by atoms with Crippen LogP contribution in [-0.2, 0) is 17.6 Å². The highest BCUT2D eigenvalue weighted by Crippen LogP contribution is 2.58. The Morgan fingerprint density at radius 3 is 2.32 bits per heavy atom. The molecule has 1 saturated heterocycles. The summed E-state index contributed by atoms with van der Waals surface area (Å²) in [6.07, 6.45) is 7.36. The number of carbonyl (C=O) groups is 1. The summed E-state index contributed by atoms with van der Waals surface area (Å²) in [6, 6.07) is 9.11. The van der Waals surface area contributed by atoms with E-state index in [9.17, 15) is 9.90 Å². The number of hydrogen-bond acceptors (Lipinski definition) is 2. The van der Waals surface area contributed by atoms with Crippen molar-refractivity contribution in [2.45, 2.75) is 56.6 Å². The number of fused-ring (bicyclic) bond motifs is 2. The number of amides is 1. The Morgan fingerprint density at radius 1 is 0.960 bits per heavy atom. The standard InChI is InChI=1S/C22H27NO2/c24-21-19-8-15-4-2-1-3-14(15)7-18(19)12-23(21)20-16-5-13-6-17(20)11-22(25,9-13)10-16/h1-4,13,16-20,25H,5-12H2/t13?,16-,17+,18-,19-,20+,22+/m0/s1. The van der Waals surface area contributed by atoms with Gasteiger partial charge in [0.25, 0.3) is 0 Å². The van der Waals surface area contributed by atoms with Gasteiger partial charge in [0.05, 0.1) is 5.60 Å². The van der Waals surface area contributed by atoms with Gasteiger partial charge in [0.1, 0.15) is 0 Å². The third-order valence-corrected chi connectivity index (χ3v) is 8.19. The highest BCUT2D eigenvalue weighted by atomic mass is 16.3. The minimum absolute atomic E-state index is 0.204. The van der Waals surface area contributed by atoms with E-state index in [0.717, 1.165) is 38.6 Å². The van der Waals surface area contributed by atoms with E-state index in [1.807, 2.05) is 0 Å². The van der Waals surface area contributed by atoms with Crippen molar-refractivity contribution in [2.75, 3.05) is 6.54 Å². The number of benzene rings is 1. The zero-order chi connectivity index (χ0) is 16.8. The molecule has 0 aromatic heterocycles. The van der Waals surface area contributed by atoms with Gasteiger partial charge in [0.15, 0.2) is 0 Å². The van der Waals surface area contributed by atoms with Crippen LogP contribution in [0.4, 0.5) is 0 Å². The van der Waals surface area contributed by atoms with Crippen molar-refractivity contribution >= 4 is 5.91 Å². The Balaban J connectivity index is 1.29. The van der Waals surface area contributed by atoms with Crippen molar-refractivity contribution in [3.8, 4) is 0 Å². The molecule has 1 heterocycles. The fraction of sp³-hybridized carbons (Fsp3) is 0.682. The van der Waals surface area contributed by atoms with E-state index in [-0.39, 0.29) is 5.92 Å². The van der Waals surface area contributed by atoms with Crippen molar-refractivity contribution in [3.05, 3.63) is 35.4 Å². The van der Waals surface area contributed by atoms with Gasteiger partial charge in [-0.15, -0.1) is 0 Å². The van der Waals surface area contributed by atoms with Gasteiger partial charge in [-0.05, 0) is 79.7 Å². The largest absolute Gasteiger partial charge is 0.390 e. The van der Waals surface area contributed by atoms with Crippen LogP contribution in [0.2, 0.25) is 0 Å². The average molecular weight is 337 g/mol. The van der Waals surface area contributed by atoms with Gasteiger partial charge >= 0.3 is 0 Å². The Hall–Kier alpha value is -1.35. The molecule has 1 aromatic carbocycles. The SMILES string of the molecule is O=C1[C@H]2Cc3ccccc3C[C@H]2CN1[C@H]1[C@@H]2CC3C[C@H]1C[C@](O)(C3)C2. The Kier molecular flexibility index (Phi) is 2.88. The molecule has 1 aromatic rings. The summed E-state index contributed by atoms with van der Waals surface area (Å²) in [6.45, 7) is 0.957. The molecule has 7 atom stereocenters. The van der Waals surface area contributed by atoms with Gasteiger partial charge < -0.3 is 10.0 Å². The van der Waals surface area contributed by atoms with Gasteiger partial charge in [-0.1, -0.05) is 24.3 Å². The molecule has 3 heteroatoms. The minimum Gasteiger partial charge on any atom is -0.390 e. The van der Waals surface area contributed by atoms with Crippen molar-refractivity contribution < 1.29 is 9.90 Å². The smallest absolute Gasteiger partial charge is 0.226 e. The molecule has 0 spiro atoms. The number of hydrogen-bond donors (Lipinski definition) is 1. The zero-order valence-corrected chi connectivity index (χ0v) is 14.7. The third-order valence-electron chi connectivity index (χ3n) is 8.19. The van der Waals surface area contributed by atoms with Gasteiger partial charge in [-0.3, -0.25) is 4.79 Å². The summed E-state index contributed by atoms with van der Waals surface area (Å²) >= 11 is 0. The summed E-state index contributed by atoms with van der Waals surface area (Å²) in [5, 5.41) is 10.9. The minimum atomic E-state index is -0.404. The first kappa shape index (κ1) is 14.8. The first-order chi connectivity index (χ1) is 12.1. The molecule has 7 rings (SSSR count). The van der Waals surface area contributed by atoms with Crippen molar-refractivity contribution in [1.29, 1.82) is 0 Å². The maximum Gasteiger partial charge on any atom is 0.226 e. The van der Waals surface area contributed by atoms with E-state index < -0.39 is 5.60 Å². The maximum absolute atomic E-state index is 13.3. The quantitative estimate of drug-likeness (QED) is 0.856. The number of likely N-dealkylation sites (tertiary alicyclic amines) is 1. The number of rotatable bonds is 1. The van der Waals surface area contributed by atoms with E-state index in [1.54, 1.807) is 0 Å². The summed E-state index contributed by atoms with van der Waals surface area (Å²) in [7, 11) is 0. The molecule has 1 aliphatic heterocycles. The third kappa shape index (κ3) is 2.05. The molecule has 1 unspecified atom stereocenters. The summed E-state index contributed by atoms with van der Waals surface area (Å²) < 4.78 is 0. The average Bonchev–Trinajstić information content (AvgIpc) is 2.87. The molecule has 4 saturated carbocycles. The van der Waals surface area contributed by atoms with Crippen LogP contribution in [0.15, 0.2) is 24.3 Å². The second-order valence-electron chi connectivity index (χ2n) is 9.72. The normalized spacial score (nSPS) is 47.1. The highest BCUT2D eigenvalue weighted by molar-refractivity contribution is 5.82. The highest BCUT2D eigenvalue weighted by Gasteiger charge is 2.58. The lowest BCUT2D eigenvalue weighted by Crippen LogP contribution is -2.62. The van der Waals surface area contributed by atoms with E-state index in [2.05, 4.69) is 29.2 Å². The van der Waals surface area contributed by atoms with Crippen LogP contribution in [0.1, 0.15) is 43.2 Å². The van der Waals surface area contributed by atoms with Crippen molar-refractivity contribution in [2.24, 2.45) is 29.6 Å². The van der Waals surface area contributed by atoms with Crippen LogP contribution in [0, 0.1) is 29.6 Å². The zero-order valence-electron chi connectivity index (χ0n) is 14.7. The van der Waals surface area contributed by atoms with E-state index in [4.69, 9.17) is 0 Å². The van der Waals surface area contributed by atoms with Crippen LogP contribution >= 0.6 is 0 Å². The molecular weight excluding hydrogens is 310 g/mol. The van der Waals surface area contributed by atoms with Gasteiger partial charge in [0, 0.05) is 18.5 Å². The van der Waals surface area contributed by atoms with Crippen LogP contribution in [-0.4, -0.2) is 34.1 Å². The molecule has 132 valence electrons. The Bertz CT molecular complexity index is 727. The van der Waals surface area contributed by atoms with E-state index in [0.29, 0.717) is 35.6 Å². The Labute approximate surface area is 149 Å². The summed E-state index contributed by atoms with van der Waals surface area (Å²) in [4.78, 5) is 15.6. The van der Waals surface area contributed by atoms with Gasteiger partial charge in [-0.2, -0.15) is 0 Å². The van der Waals surface area contributed by atoms with Crippen LogP contribution in [0.3, 0.4) is 0 Å². The lowest BCUT2D eigenvalue weighted by Gasteiger charge is -2.59. The second kappa shape index (κ2) is 4.88. The molecular formula is C22H27NO2. The topological polar surface area (TPSA) is 40.5 Å². The van der Waals surface area contributed by atoms with Crippen molar-refractivity contribution in [3.63, 3.8) is 0 Å². The molecule has 1 N–H and O–H groups in total. The lowest BCUT2D eigenvalue weighted by atomic mass is 9.52. The monoisotopic (exact) mass is 337 g/mol. The number of carbonyl (C=O) groups excluding carboxylic acids is 1. The fourth-order valence-corrected chi connectivity index (χ4v) is 7.55. The molecule has 3 nitrogen and oxygen atoms in total. The van der Waals surface area contributed by atoms with Crippen molar-refractivity contribution in [1.82, 2.24) is 4.90 Å². The fourth-order valence-electron chi connectivity index (χ4n) is 7.55. The summed E-state index contributed by atoms with van der Waals surface area (Å²) in [5.74, 6) is 2.93. The van der Waals surface area contributed by atoms with E-state index >= 15 is 0 Å². The van der Waals surface area contributed by atoms with Gasteiger partial charge in [0.2, 0.25) is 5.91 Å². The van der Waals surface area contributed by atoms with Crippen LogP contribution in [0.25, 0.3) is 0 Å². The van der Waals surface area contributed by atoms with Gasteiger partial charge in [-0.25, -0.2) is 0 Å². The predicted molar refractivity (Wildman–Crippen MR) is 94.8 cm³/mol. The number of aliphatic hydroxyl groups is 1. The molecule has 5 fully saturated rings. The molecule has 5 aliphatic carbocycles. The van der Waals surface area contributed by atoms with Crippen LogP contribution in [0.5, 0.6) is 0 Å². The summed E-state index contributed by atoms with van der Waals surface area (Å²) in [5.41, 5.74) is 2.44. The van der Waals surface area contributed by atoms with Crippen LogP contribution < -0.4 is 0 Å². The molecule has 6 aliphatic rings. The molecule has 0 radical (unpaired) electrons. The first-order valence-electron chi connectivity index (χ1n) is 10.2. The lowest BCUT2D eigenvalue weighted by molar-refractivity contribution is -0.168. The number of nitrogens with zero attached hydrogens (tertiary/aromatic N) is 1. The molecule has 1 amide bonds. The second-order valence-corrected chi connectivity index (χ2v) is 9.72.